The summed E-state index contributed by atoms with van der Waals surface area (Å²) >= 11 is 0. The molecule has 1 aromatic heterocycles. The first kappa shape index (κ1) is 6.65. The first-order chi connectivity index (χ1) is 5.27. The summed E-state index contributed by atoms with van der Waals surface area (Å²) in [6.07, 6.45) is 1.92. The lowest BCUT2D eigenvalue weighted by molar-refractivity contribution is 0.852. The lowest BCUT2D eigenvalue weighted by Crippen LogP contribution is -1.95. The number of anilines is 1. The van der Waals surface area contributed by atoms with Crippen LogP contribution >= 0.6 is 0 Å². The zero-order valence-electron chi connectivity index (χ0n) is 6.89. The molecule has 1 atom stereocenters. The van der Waals surface area contributed by atoms with E-state index in [1.54, 1.807) is 0 Å². The smallest absolute Gasteiger partial charge is 0.0563 e. The van der Waals surface area contributed by atoms with Crippen LogP contribution in [-0.4, -0.2) is 11.5 Å². The highest BCUT2D eigenvalue weighted by Gasteiger charge is 2.17. The van der Waals surface area contributed by atoms with Crippen LogP contribution < -0.4 is 5.32 Å². The Hall–Kier alpha value is -1.05. The molecule has 0 aliphatic carbocycles. The molecule has 1 aliphatic rings. The molecule has 1 aromatic rings. The molecule has 1 N–H and O–H groups in total. The average molecular weight is 148 g/mol. The van der Waals surface area contributed by atoms with Crippen molar-refractivity contribution in [2.75, 3.05) is 11.9 Å². The van der Waals surface area contributed by atoms with Gasteiger partial charge in [-0.3, -0.25) is 4.98 Å². The van der Waals surface area contributed by atoms with Gasteiger partial charge < -0.3 is 5.32 Å². The molecule has 58 valence electrons. The van der Waals surface area contributed by atoms with Crippen molar-refractivity contribution >= 4 is 5.69 Å². The minimum atomic E-state index is 0.645. The standard InChI is InChI=1S/C9H12N2/c1-6-4-11-9-5-10-7(2)3-8(6)9/h3,5-6,11H,4H2,1-2H3. The number of hydrogen-bond acceptors (Lipinski definition) is 2. The molecular formula is C9H12N2. The molecule has 2 rings (SSSR count). The van der Waals surface area contributed by atoms with Crippen molar-refractivity contribution in [1.82, 2.24) is 4.98 Å². The molecule has 0 spiro atoms. The summed E-state index contributed by atoms with van der Waals surface area (Å²) < 4.78 is 0. The molecular weight excluding hydrogens is 136 g/mol. The summed E-state index contributed by atoms with van der Waals surface area (Å²) in [5, 5.41) is 3.31. The maximum absolute atomic E-state index is 4.22. The van der Waals surface area contributed by atoms with Gasteiger partial charge in [-0.25, -0.2) is 0 Å². The monoisotopic (exact) mass is 148 g/mol. The number of aryl methyl sites for hydroxylation is 1. The maximum Gasteiger partial charge on any atom is 0.0563 e. The van der Waals surface area contributed by atoms with Crippen molar-refractivity contribution in [3.05, 3.63) is 23.5 Å². The average Bonchev–Trinajstić information content (AvgIpc) is 2.33. The SMILES string of the molecule is Cc1cc2c(cn1)NCC2C. The van der Waals surface area contributed by atoms with Crippen molar-refractivity contribution in [1.29, 1.82) is 0 Å². The van der Waals surface area contributed by atoms with Gasteiger partial charge in [-0.2, -0.15) is 0 Å². The van der Waals surface area contributed by atoms with Gasteiger partial charge >= 0.3 is 0 Å². The minimum Gasteiger partial charge on any atom is -0.383 e. The summed E-state index contributed by atoms with van der Waals surface area (Å²) in [6.45, 7) is 5.32. The van der Waals surface area contributed by atoms with Gasteiger partial charge in [-0.05, 0) is 18.6 Å². The Morgan fingerprint density at radius 2 is 2.45 bits per heavy atom. The second kappa shape index (κ2) is 2.22. The van der Waals surface area contributed by atoms with Crippen LogP contribution in [0.2, 0.25) is 0 Å². The van der Waals surface area contributed by atoms with Gasteiger partial charge in [0, 0.05) is 18.2 Å². The number of nitrogens with zero attached hydrogens (tertiary/aromatic N) is 1. The van der Waals surface area contributed by atoms with Gasteiger partial charge in [-0.1, -0.05) is 6.92 Å². The molecule has 0 aromatic carbocycles. The first-order valence-corrected chi connectivity index (χ1v) is 3.98. The van der Waals surface area contributed by atoms with Gasteiger partial charge in [0.15, 0.2) is 0 Å². The Kier molecular flexibility index (Phi) is 1.34. The van der Waals surface area contributed by atoms with Gasteiger partial charge in [-0.15, -0.1) is 0 Å². The van der Waals surface area contributed by atoms with E-state index in [-0.39, 0.29) is 0 Å². The fourth-order valence-corrected chi connectivity index (χ4v) is 1.51. The van der Waals surface area contributed by atoms with Gasteiger partial charge in [0.1, 0.15) is 0 Å². The maximum atomic E-state index is 4.22. The molecule has 1 aliphatic heterocycles. The third-order valence-electron chi connectivity index (χ3n) is 2.20. The zero-order chi connectivity index (χ0) is 7.84. The van der Waals surface area contributed by atoms with E-state index in [4.69, 9.17) is 0 Å². The molecule has 0 amide bonds. The van der Waals surface area contributed by atoms with Crippen LogP contribution in [0.15, 0.2) is 12.3 Å². The predicted octanol–water partition coefficient (Wildman–Crippen LogP) is 1.92. The Labute approximate surface area is 66.7 Å². The van der Waals surface area contributed by atoms with Crippen LogP contribution in [0.25, 0.3) is 0 Å². The third-order valence-corrected chi connectivity index (χ3v) is 2.20. The Morgan fingerprint density at radius 3 is 3.27 bits per heavy atom. The topological polar surface area (TPSA) is 24.9 Å². The molecule has 0 saturated carbocycles. The molecule has 0 radical (unpaired) electrons. The van der Waals surface area contributed by atoms with Gasteiger partial charge in [0.05, 0.1) is 11.9 Å². The molecule has 11 heavy (non-hydrogen) atoms. The van der Waals surface area contributed by atoms with E-state index in [2.05, 4.69) is 23.3 Å². The first-order valence-electron chi connectivity index (χ1n) is 3.98. The Bertz CT molecular complexity index is 281. The molecule has 2 heteroatoms. The molecule has 0 saturated heterocycles. The van der Waals surface area contributed by atoms with Gasteiger partial charge in [0.25, 0.3) is 0 Å². The predicted molar refractivity (Wildman–Crippen MR) is 45.9 cm³/mol. The number of hydrogen-bond donors (Lipinski definition) is 1. The van der Waals surface area contributed by atoms with Crippen LogP contribution in [0, 0.1) is 6.92 Å². The van der Waals surface area contributed by atoms with E-state index in [0.29, 0.717) is 5.92 Å². The second-order valence-corrected chi connectivity index (χ2v) is 3.19. The highest BCUT2D eigenvalue weighted by atomic mass is 14.9. The van der Waals surface area contributed by atoms with E-state index >= 15 is 0 Å². The molecule has 0 bridgehead atoms. The van der Waals surface area contributed by atoms with Crippen molar-refractivity contribution in [2.24, 2.45) is 0 Å². The fraction of sp³-hybridized carbons (Fsp3) is 0.444. The van der Waals surface area contributed by atoms with Crippen LogP contribution in [0.3, 0.4) is 0 Å². The lowest BCUT2D eigenvalue weighted by atomic mass is 10.0. The Balaban J connectivity index is 2.52. The molecule has 2 heterocycles. The van der Waals surface area contributed by atoms with Crippen LogP contribution in [0.4, 0.5) is 5.69 Å². The summed E-state index contributed by atoms with van der Waals surface area (Å²) in [5.41, 5.74) is 3.74. The third kappa shape index (κ3) is 0.985. The number of nitrogens with one attached hydrogen (secondary N) is 1. The molecule has 0 fully saturated rings. The van der Waals surface area contributed by atoms with E-state index in [0.717, 1.165) is 12.2 Å². The largest absolute Gasteiger partial charge is 0.383 e. The summed E-state index contributed by atoms with van der Waals surface area (Å²) in [5.74, 6) is 0.645. The second-order valence-electron chi connectivity index (χ2n) is 3.19. The molecule has 1 unspecified atom stereocenters. The summed E-state index contributed by atoms with van der Waals surface area (Å²) in [4.78, 5) is 4.22. The van der Waals surface area contributed by atoms with Crippen molar-refractivity contribution in [2.45, 2.75) is 19.8 Å². The number of rotatable bonds is 0. The van der Waals surface area contributed by atoms with Crippen LogP contribution in [0.5, 0.6) is 0 Å². The summed E-state index contributed by atoms with van der Waals surface area (Å²) in [6, 6.07) is 2.17. The van der Waals surface area contributed by atoms with E-state index in [1.807, 2.05) is 13.1 Å². The van der Waals surface area contributed by atoms with E-state index < -0.39 is 0 Å². The van der Waals surface area contributed by atoms with Crippen molar-refractivity contribution in [3.63, 3.8) is 0 Å². The molecule has 2 nitrogen and oxygen atoms in total. The van der Waals surface area contributed by atoms with Crippen LogP contribution in [0.1, 0.15) is 24.1 Å². The van der Waals surface area contributed by atoms with Crippen molar-refractivity contribution in [3.8, 4) is 0 Å². The number of fused-ring (bicyclic) bond motifs is 1. The normalized spacial score (nSPS) is 21.1. The highest BCUT2D eigenvalue weighted by molar-refractivity contribution is 5.56. The summed E-state index contributed by atoms with van der Waals surface area (Å²) in [7, 11) is 0. The Morgan fingerprint density at radius 1 is 1.64 bits per heavy atom. The number of aromatic nitrogens is 1. The van der Waals surface area contributed by atoms with E-state index in [9.17, 15) is 0 Å². The number of pyridine rings is 1. The quantitative estimate of drug-likeness (QED) is 0.608. The fourth-order valence-electron chi connectivity index (χ4n) is 1.51. The lowest BCUT2D eigenvalue weighted by Gasteiger charge is -2.01. The van der Waals surface area contributed by atoms with Crippen LogP contribution in [-0.2, 0) is 0 Å². The highest BCUT2D eigenvalue weighted by Crippen LogP contribution is 2.30. The van der Waals surface area contributed by atoms with Crippen molar-refractivity contribution < 1.29 is 0 Å². The van der Waals surface area contributed by atoms with E-state index in [1.165, 1.54) is 11.3 Å². The minimum absolute atomic E-state index is 0.645. The zero-order valence-corrected chi connectivity index (χ0v) is 6.89. The van der Waals surface area contributed by atoms with Gasteiger partial charge in [0.2, 0.25) is 0 Å².